The van der Waals surface area contributed by atoms with Gasteiger partial charge >= 0.3 is 5.97 Å². The number of carbonyl (C=O) groups excluding carboxylic acids is 1. The second-order valence-electron chi connectivity index (χ2n) is 6.02. The first-order valence-electron chi connectivity index (χ1n) is 8.33. The van der Waals surface area contributed by atoms with Crippen LogP contribution in [0.25, 0.3) is 0 Å². The van der Waals surface area contributed by atoms with Gasteiger partial charge in [0.2, 0.25) is 0 Å². The Bertz CT molecular complexity index is 573. The van der Waals surface area contributed by atoms with Crippen LogP contribution in [0.3, 0.4) is 0 Å². The average molecular weight is 309 g/mol. The van der Waals surface area contributed by atoms with E-state index in [2.05, 4.69) is 66.0 Å². The van der Waals surface area contributed by atoms with E-state index in [1.807, 2.05) is 0 Å². The van der Waals surface area contributed by atoms with E-state index in [1.165, 1.54) is 11.1 Å². The monoisotopic (exact) mass is 309 g/mol. The summed E-state index contributed by atoms with van der Waals surface area (Å²) in [5, 5.41) is 3.44. The molecule has 120 valence electrons. The molecule has 0 radical (unpaired) electrons. The zero-order valence-corrected chi connectivity index (χ0v) is 13.3. The molecule has 1 atom stereocenters. The minimum absolute atomic E-state index is 0.0504. The third-order valence-electron chi connectivity index (χ3n) is 4.35. The van der Waals surface area contributed by atoms with E-state index >= 15 is 0 Å². The van der Waals surface area contributed by atoms with Crippen LogP contribution in [0.4, 0.5) is 0 Å². The zero-order valence-electron chi connectivity index (χ0n) is 13.3. The van der Waals surface area contributed by atoms with Crippen LogP contribution in [0.15, 0.2) is 60.7 Å². The third-order valence-corrected chi connectivity index (χ3v) is 4.35. The summed E-state index contributed by atoms with van der Waals surface area (Å²) in [6.07, 6.45) is 2.47. The molecule has 1 unspecified atom stereocenters. The maximum atomic E-state index is 11.1. The Hall–Kier alpha value is -2.13. The van der Waals surface area contributed by atoms with Crippen molar-refractivity contribution in [1.82, 2.24) is 5.32 Å². The number of ether oxygens (including phenoxy) is 1. The Labute approximate surface area is 137 Å². The van der Waals surface area contributed by atoms with Crippen LogP contribution in [-0.2, 0) is 9.53 Å². The average Bonchev–Trinajstić information content (AvgIpc) is 3.02. The molecule has 0 aliphatic carbocycles. The van der Waals surface area contributed by atoms with Crippen molar-refractivity contribution in [2.75, 3.05) is 13.1 Å². The summed E-state index contributed by atoms with van der Waals surface area (Å²) in [6.45, 7) is 1.66. The predicted octanol–water partition coefficient (Wildman–Crippen LogP) is 3.50. The van der Waals surface area contributed by atoms with Gasteiger partial charge in [-0.05, 0) is 30.5 Å². The van der Waals surface area contributed by atoms with Crippen molar-refractivity contribution in [2.24, 2.45) is 0 Å². The molecular formula is C20H23NO2. The molecule has 3 nitrogen and oxygen atoms in total. The number of hydrogen-bond donors (Lipinski definition) is 1. The van der Waals surface area contributed by atoms with Gasteiger partial charge in [0, 0.05) is 18.9 Å². The van der Waals surface area contributed by atoms with Crippen LogP contribution in [-0.4, -0.2) is 25.2 Å². The Kier molecular flexibility index (Phi) is 5.43. The first kappa shape index (κ1) is 15.8. The second-order valence-corrected chi connectivity index (χ2v) is 6.02. The van der Waals surface area contributed by atoms with Crippen LogP contribution < -0.4 is 5.32 Å². The third kappa shape index (κ3) is 4.42. The van der Waals surface area contributed by atoms with Crippen LogP contribution in [0.2, 0.25) is 0 Å². The van der Waals surface area contributed by atoms with Gasteiger partial charge in [-0.25, -0.2) is 0 Å². The fourth-order valence-electron chi connectivity index (χ4n) is 3.13. The molecular weight excluding hydrogens is 286 g/mol. The Morgan fingerprint density at radius 3 is 2.13 bits per heavy atom. The Morgan fingerprint density at radius 2 is 1.61 bits per heavy atom. The highest BCUT2D eigenvalue weighted by atomic mass is 16.5. The summed E-state index contributed by atoms with van der Waals surface area (Å²) in [6, 6.07) is 21.2. The van der Waals surface area contributed by atoms with Crippen LogP contribution >= 0.6 is 0 Å². The molecule has 2 aromatic carbocycles. The van der Waals surface area contributed by atoms with Crippen molar-refractivity contribution < 1.29 is 9.53 Å². The van der Waals surface area contributed by atoms with Crippen molar-refractivity contribution in [3.05, 3.63) is 71.8 Å². The highest BCUT2D eigenvalue weighted by Gasteiger charge is 2.22. The Balaban J connectivity index is 1.57. The fraction of sp³-hybridized carbons (Fsp3) is 0.350. The van der Waals surface area contributed by atoms with E-state index < -0.39 is 0 Å². The zero-order chi connectivity index (χ0) is 15.9. The van der Waals surface area contributed by atoms with Gasteiger partial charge in [-0.3, -0.25) is 4.79 Å². The number of esters is 1. The van der Waals surface area contributed by atoms with E-state index in [4.69, 9.17) is 4.74 Å². The lowest BCUT2D eigenvalue weighted by Crippen LogP contribution is -2.28. The molecule has 0 amide bonds. The summed E-state index contributed by atoms with van der Waals surface area (Å²) in [4.78, 5) is 11.1. The van der Waals surface area contributed by atoms with Gasteiger partial charge in [-0.15, -0.1) is 0 Å². The molecule has 0 bridgehead atoms. The van der Waals surface area contributed by atoms with E-state index in [1.54, 1.807) is 0 Å². The summed E-state index contributed by atoms with van der Waals surface area (Å²) in [7, 11) is 0. The first-order valence-corrected chi connectivity index (χ1v) is 8.33. The molecule has 0 spiro atoms. The minimum atomic E-state index is -0.0664. The SMILES string of the molecule is O=C1CCC(CNCCC(c2ccccc2)c2ccccc2)O1. The minimum Gasteiger partial charge on any atom is -0.461 e. The molecule has 1 heterocycles. The predicted molar refractivity (Wildman–Crippen MR) is 91.3 cm³/mol. The molecule has 2 aromatic rings. The topological polar surface area (TPSA) is 38.3 Å². The lowest BCUT2D eigenvalue weighted by atomic mass is 9.88. The quantitative estimate of drug-likeness (QED) is 0.628. The molecule has 1 fully saturated rings. The molecule has 1 aliphatic rings. The largest absolute Gasteiger partial charge is 0.461 e. The molecule has 3 rings (SSSR count). The van der Waals surface area contributed by atoms with Gasteiger partial charge in [0.1, 0.15) is 6.10 Å². The number of hydrogen-bond acceptors (Lipinski definition) is 3. The van der Waals surface area contributed by atoms with E-state index in [0.29, 0.717) is 12.3 Å². The van der Waals surface area contributed by atoms with Crippen molar-refractivity contribution in [3.63, 3.8) is 0 Å². The smallest absolute Gasteiger partial charge is 0.306 e. The molecule has 0 aromatic heterocycles. The molecule has 1 N–H and O–H groups in total. The first-order chi connectivity index (χ1) is 11.3. The number of rotatable bonds is 7. The molecule has 1 saturated heterocycles. The fourth-order valence-corrected chi connectivity index (χ4v) is 3.13. The van der Waals surface area contributed by atoms with Crippen LogP contribution in [0, 0.1) is 0 Å². The number of nitrogens with one attached hydrogen (secondary N) is 1. The lowest BCUT2D eigenvalue weighted by molar-refractivity contribution is -0.141. The van der Waals surface area contributed by atoms with Crippen molar-refractivity contribution in [2.45, 2.75) is 31.3 Å². The van der Waals surface area contributed by atoms with Gasteiger partial charge in [0.05, 0.1) is 0 Å². The lowest BCUT2D eigenvalue weighted by Gasteiger charge is -2.19. The standard InChI is InChI=1S/C20H23NO2/c22-20-12-11-18(23-20)15-21-14-13-19(16-7-3-1-4-8-16)17-9-5-2-6-10-17/h1-10,18-19,21H,11-15H2. The van der Waals surface area contributed by atoms with Crippen LogP contribution in [0.5, 0.6) is 0 Å². The van der Waals surface area contributed by atoms with Crippen molar-refractivity contribution >= 4 is 5.97 Å². The van der Waals surface area contributed by atoms with Gasteiger partial charge in [-0.1, -0.05) is 60.7 Å². The second kappa shape index (κ2) is 7.93. The molecule has 0 saturated carbocycles. The molecule has 1 aliphatic heterocycles. The Morgan fingerprint density at radius 1 is 1.00 bits per heavy atom. The van der Waals surface area contributed by atoms with Crippen molar-refractivity contribution in [1.29, 1.82) is 0 Å². The van der Waals surface area contributed by atoms with Crippen LogP contribution in [0.1, 0.15) is 36.3 Å². The van der Waals surface area contributed by atoms with E-state index in [0.717, 1.165) is 25.9 Å². The van der Waals surface area contributed by atoms with Gasteiger partial charge in [0.25, 0.3) is 0 Å². The summed E-state index contributed by atoms with van der Waals surface area (Å²) >= 11 is 0. The summed E-state index contributed by atoms with van der Waals surface area (Å²) < 4.78 is 5.24. The summed E-state index contributed by atoms with van der Waals surface area (Å²) in [5.41, 5.74) is 2.68. The highest BCUT2D eigenvalue weighted by molar-refractivity contribution is 5.71. The summed E-state index contributed by atoms with van der Waals surface area (Å²) in [5.74, 6) is 0.319. The van der Waals surface area contributed by atoms with E-state index in [-0.39, 0.29) is 12.1 Å². The molecule has 23 heavy (non-hydrogen) atoms. The number of benzene rings is 2. The number of carbonyl (C=O) groups is 1. The number of cyclic esters (lactones) is 1. The van der Waals surface area contributed by atoms with E-state index in [9.17, 15) is 4.79 Å². The van der Waals surface area contributed by atoms with Gasteiger partial charge < -0.3 is 10.1 Å². The van der Waals surface area contributed by atoms with Gasteiger partial charge in [0.15, 0.2) is 0 Å². The maximum absolute atomic E-state index is 11.1. The molecule has 3 heteroatoms. The van der Waals surface area contributed by atoms with Crippen molar-refractivity contribution in [3.8, 4) is 0 Å². The normalized spacial score (nSPS) is 17.4. The van der Waals surface area contributed by atoms with Gasteiger partial charge in [-0.2, -0.15) is 0 Å². The maximum Gasteiger partial charge on any atom is 0.306 e. The highest BCUT2D eigenvalue weighted by Crippen LogP contribution is 2.27.